The second-order valence-electron chi connectivity index (χ2n) is 3.92. The van der Waals surface area contributed by atoms with Gasteiger partial charge in [0.25, 0.3) is 0 Å². The minimum atomic E-state index is -1.28. The van der Waals surface area contributed by atoms with Gasteiger partial charge in [-0.2, -0.15) is 5.10 Å². The highest BCUT2D eigenvalue weighted by molar-refractivity contribution is 9.10. The van der Waals surface area contributed by atoms with Crippen LogP contribution in [0.3, 0.4) is 0 Å². The lowest BCUT2D eigenvalue weighted by atomic mass is 10.3. The number of rotatable bonds is 3. The Kier molecular flexibility index (Phi) is 3.97. The van der Waals surface area contributed by atoms with Gasteiger partial charge in [0.2, 0.25) is 0 Å². The van der Waals surface area contributed by atoms with Crippen LogP contribution in [0.4, 0.5) is 4.39 Å². The van der Waals surface area contributed by atoms with Crippen LogP contribution in [0, 0.1) is 12.7 Å². The summed E-state index contributed by atoms with van der Waals surface area (Å²) in [6.07, 6.45) is 0. The van der Waals surface area contributed by atoms with Crippen LogP contribution < -0.4 is 0 Å². The lowest BCUT2D eigenvalue weighted by Crippen LogP contribution is -2.04. The molecule has 0 saturated carbocycles. The summed E-state index contributed by atoms with van der Waals surface area (Å²) in [5.74, 6) is -0.0671. The molecule has 0 radical (unpaired) electrons. The van der Waals surface area contributed by atoms with Crippen molar-refractivity contribution in [2.45, 2.75) is 17.6 Å². The van der Waals surface area contributed by atoms with Crippen LogP contribution in [-0.4, -0.2) is 14.0 Å². The lowest BCUT2D eigenvalue weighted by molar-refractivity contribution is 0.622. The van der Waals surface area contributed by atoms with E-state index >= 15 is 0 Å². The van der Waals surface area contributed by atoms with E-state index in [0.717, 1.165) is 15.9 Å². The fourth-order valence-electron chi connectivity index (χ4n) is 1.65. The van der Waals surface area contributed by atoms with Crippen LogP contribution >= 0.6 is 15.9 Å². The molecule has 2 rings (SSSR count). The average molecular weight is 331 g/mol. The van der Waals surface area contributed by atoms with Gasteiger partial charge in [-0.15, -0.1) is 0 Å². The molecular formula is C12H12BrFN2OS. The number of benzene rings is 1. The molecule has 6 heteroatoms. The fraction of sp³-hybridized carbons (Fsp3) is 0.250. The van der Waals surface area contributed by atoms with Gasteiger partial charge in [-0.3, -0.25) is 8.89 Å². The number of hydrogen-bond donors (Lipinski definition) is 0. The maximum Gasteiger partial charge on any atom is 0.124 e. The number of hydrogen-bond acceptors (Lipinski definition) is 2. The van der Waals surface area contributed by atoms with E-state index in [9.17, 15) is 8.60 Å². The SMILES string of the molecule is Cc1nn(C)c(CS(=O)c2cccc(F)c2)c1Br. The van der Waals surface area contributed by atoms with Crippen LogP contribution in [0.15, 0.2) is 33.6 Å². The van der Waals surface area contributed by atoms with Crippen molar-refractivity contribution in [3.8, 4) is 0 Å². The van der Waals surface area contributed by atoms with Gasteiger partial charge in [-0.1, -0.05) is 6.07 Å². The first-order valence-corrected chi connectivity index (χ1v) is 7.42. The molecule has 0 aliphatic carbocycles. The first kappa shape index (κ1) is 13.4. The molecule has 0 spiro atoms. The summed E-state index contributed by atoms with van der Waals surface area (Å²) >= 11 is 3.42. The molecule has 1 heterocycles. The van der Waals surface area contributed by atoms with Crippen molar-refractivity contribution in [2.24, 2.45) is 7.05 Å². The smallest absolute Gasteiger partial charge is 0.124 e. The maximum atomic E-state index is 13.1. The van der Waals surface area contributed by atoms with Crippen molar-refractivity contribution >= 4 is 26.7 Å². The average Bonchev–Trinajstić information content (AvgIpc) is 2.56. The van der Waals surface area contributed by atoms with E-state index in [1.165, 1.54) is 12.1 Å². The molecule has 0 amide bonds. The molecule has 1 unspecified atom stereocenters. The predicted molar refractivity (Wildman–Crippen MR) is 72.2 cm³/mol. The Hall–Kier alpha value is -1.01. The summed E-state index contributed by atoms with van der Waals surface area (Å²) in [6.45, 7) is 1.87. The van der Waals surface area contributed by atoms with Crippen molar-refractivity contribution in [1.29, 1.82) is 0 Å². The highest BCUT2D eigenvalue weighted by atomic mass is 79.9. The standard InChI is InChI=1S/C12H12BrFN2OS/c1-8-12(13)11(16(2)15-8)7-18(17)10-5-3-4-9(14)6-10/h3-6H,7H2,1-2H3. The third-order valence-corrected chi connectivity index (χ3v) is 4.94. The number of nitrogens with zero attached hydrogens (tertiary/aromatic N) is 2. The lowest BCUT2D eigenvalue weighted by Gasteiger charge is -2.04. The predicted octanol–water partition coefficient (Wildman–Crippen LogP) is 2.94. The molecule has 0 N–H and O–H groups in total. The molecule has 1 aromatic heterocycles. The van der Waals surface area contributed by atoms with Gasteiger partial charge in [0.1, 0.15) is 5.82 Å². The number of aryl methyl sites for hydroxylation is 2. The van der Waals surface area contributed by atoms with Gasteiger partial charge in [-0.25, -0.2) is 4.39 Å². The van der Waals surface area contributed by atoms with Gasteiger partial charge >= 0.3 is 0 Å². The quantitative estimate of drug-likeness (QED) is 0.867. The van der Waals surface area contributed by atoms with Crippen LogP contribution in [0.1, 0.15) is 11.4 Å². The molecule has 1 aromatic carbocycles. The van der Waals surface area contributed by atoms with Crippen LogP contribution in [0.25, 0.3) is 0 Å². The maximum absolute atomic E-state index is 13.1. The Morgan fingerprint density at radius 2 is 2.22 bits per heavy atom. The summed E-state index contributed by atoms with van der Waals surface area (Å²) in [4.78, 5) is 0.487. The first-order chi connectivity index (χ1) is 8.49. The van der Waals surface area contributed by atoms with Crippen LogP contribution in [0.2, 0.25) is 0 Å². The van der Waals surface area contributed by atoms with E-state index in [-0.39, 0.29) is 5.82 Å². The van der Waals surface area contributed by atoms with E-state index < -0.39 is 10.8 Å². The summed E-state index contributed by atoms with van der Waals surface area (Å²) in [5, 5.41) is 4.24. The zero-order valence-corrected chi connectivity index (χ0v) is 12.4. The van der Waals surface area contributed by atoms with Gasteiger partial charge in [0.05, 0.1) is 32.4 Å². The van der Waals surface area contributed by atoms with Gasteiger partial charge in [0, 0.05) is 11.9 Å². The van der Waals surface area contributed by atoms with E-state index in [1.807, 2.05) is 6.92 Å². The third kappa shape index (κ3) is 2.70. The van der Waals surface area contributed by atoms with Crippen LogP contribution in [0.5, 0.6) is 0 Å². The molecule has 3 nitrogen and oxygen atoms in total. The summed E-state index contributed by atoms with van der Waals surface area (Å²) in [7, 11) is 0.519. The molecule has 1 atom stereocenters. The number of halogens is 2. The zero-order chi connectivity index (χ0) is 13.3. The first-order valence-electron chi connectivity index (χ1n) is 5.31. The Balaban J connectivity index is 2.27. The zero-order valence-electron chi connectivity index (χ0n) is 9.98. The van der Waals surface area contributed by atoms with Crippen molar-refractivity contribution in [3.05, 3.63) is 45.9 Å². The van der Waals surface area contributed by atoms with E-state index in [4.69, 9.17) is 0 Å². The van der Waals surface area contributed by atoms with Crippen molar-refractivity contribution in [3.63, 3.8) is 0 Å². The molecule has 0 fully saturated rings. The second-order valence-corrected chi connectivity index (χ2v) is 6.16. The van der Waals surface area contributed by atoms with Crippen molar-refractivity contribution in [2.75, 3.05) is 0 Å². The van der Waals surface area contributed by atoms with Crippen LogP contribution in [-0.2, 0) is 23.6 Å². The normalized spacial score (nSPS) is 12.7. The molecule has 0 aliphatic heterocycles. The second kappa shape index (κ2) is 5.32. The van der Waals surface area contributed by atoms with Crippen molar-refractivity contribution < 1.29 is 8.60 Å². The van der Waals surface area contributed by atoms with Gasteiger partial charge < -0.3 is 0 Å². The Labute approximate surface area is 116 Å². The molecule has 96 valence electrons. The summed E-state index contributed by atoms with van der Waals surface area (Å²) in [6, 6.07) is 5.86. The molecule has 18 heavy (non-hydrogen) atoms. The topological polar surface area (TPSA) is 34.9 Å². The molecule has 2 aromatic rings. The summed E-state index contributed by atoms with van der Waals surface area (Å²) in [5.41, 5.74) is 1.69. The van der Waals surface area contributed by atoms with Gasteiger partial charge in [-0.05, 0) is 41.1 Å². The Morgan fingerprint density at radius 3 is 2.78 bits per heavy atom. The Bertz CT molecular complexity index is 612. The molecule has 0 bridgehead atoms. The van der Waals surface area contributed by atoms with E-state index in [1.54, 1.807) is 23.9 Å². The van der Waals surface area contributed by atoms with E-state index in [2.05, 4.69) is 21.0 Å². The van der Waals surface area contributed by atoms with E-state index in [0.29, 0.717) is 10.6 Å². The Morgan fingerprint density at radius 1 is 1.50 bits per heavy atom. The molecular weight excluding hydrogens is 319 g/mol. The largest absolute Gasteiger partial charge is 0.270 e. The number of aromatic nitrogens is 2. The van der Waals surface area contributed by atoms with Gasteiger partial charge in [0.15, 0.2) is 0 Å². The fourth-order valence-corrected chi connectivity index (χ4v) is 3.54. The summed E-state index contributed by atoms with van der Waals surface area (Å²) < 4.78 is 27.8. The van der Waals surface area contributed by atoms with Crippen molar-refractivity contribution in [1.82, 2.24) is 9.78 Å². The molecule has 0 saturated heterocycles. The highest BCUT2D eigenvalue weighted by Gasteiger charge is 2.14. The third-order valence-electron chi connectivity index (χ3n) is 2.59. The minimum absolute atomic E-state index is 0.307. The monoisotopic (exact) mass is 330 g/mol. The molecule has 0 aliphatic rings. The highest BCUT2D eigenvalue weighted by Crippen LogP contribution is 2.23. The minimum Gasteiger partial charge on any atom is -0.270 e.